The molecule has 226 valence electrons. The Bertz CT molecular complexity index is 1720. The van der Waals surface area contributed by atoms with Gasteiger partial charge in [0, 0.05) is 18.1 Å². The summed E-state index contributed by atoms with van der Waals surface area (Å²) >= 11 is 0. The molecular weight excluding hydrogens is 574 g/mol. The molecule has 4 aromatic rings. The Kier molecular flexibility index (Phi) is 7.53. The molecule has 44 heavy (non-hydrogen) atoms. The molecule has 2 heterocycles. The van der Waals surface area contributed by atoms with Crippen LogP contribution in [0.3, 0.4) is 0 Å². The minimum Gasteiger partial charge on any atom is -0.491 e. The van der Waals surface area contributed by atoms with Crippen LogP contribution in [-0.4, -0.2) is 51.4 Å². The number of halogens is 2. The van der Waals surface area contributed by atoms with Crippen LogP contribution in [-0.2, 0) is 9.47 Å². The second-order valence-electron chi connectivity index (χ2n) is 10.8. The summed E-state index contributed by atoms with van der Waals surface area (Å²) in [5.74, 6) is -0.459. The summed E-state index contributed by atoms with van der Waals surface area (Å²) in [6.45, 7) is 3.87. The van der Waals surface area contributed by atoms with Gasteiger partial charge in [-0.3, -0.25) is 0 Å². The third kappa shape index (κ3) is 6.17. The Morgan fingerprint density at radius 3 is 1.86 bits per heavy atom. The molecule has 2 aliphatic heterocycles. The molecule has 3 unspecified atom stereocenters. The van der Waals surface area contributed by atoms with Gasteiger partial charge in [0.25, 0.3) is 0 Å². The molecule has 0 N–H and O–H groups in total. The van der Waals surface area contributed by atoms with Crippen LogP contribution in [0.2, 0.25) is 0 Å². The predicted octanol–water partition coefficient (Wildman–Crippen LogP) is 6.29. The van der Waals surface area contributed by atoms with Crippen LogP contribution in [0.4, 0.5) is 8.78 Å². The molecule has 4 aromatic carbocycles. The zero-order valence-corrected chi connectivity index (χ0v) is 23.7. The zero-order valence-electron chi connectivity index (χ0n) is 23.7. The van der Waals surface area contributed by atoms with Gasteiger partial charge in [0.1, 0.15) is 54.2 Å². The number of fused-ring (bicyclic) bond motifs is 3. The molecule has 8 nitrogen and oxygen atoms in total. The fraction of sp³-hybridized carbons (Fsp3) is 0.265. The van der Waals surface area contributed by atoms with Gasteiger partial charge in [-0.25, -0.2) is 13.6 Å². The summed E-state index contributed by atoms with van der Waals surface area (Å²) in [6.07, 6.45) is 0.121. The van der Waals surface area contributed by atoms with E-state index in [1.165, 1.54) is 30.3 Å². The van der Waals surface area contributed by atoms with E-state index in [1.54, 1.807) is 18.2 Å². The maximum atomic E-state index is 14.7. The molecule has 3 atom stereocenters. The monoisotopic (exact) mass is 602 g/mol. The number of hydrogen-bond acceptors (Lipinski definition) is 8. The zero-order chi connectivity index (χ0) is 30.2. The topological polar surface area (TPSA) is 88.3 Å². The lowest BCUT2D eigenvalue weighted by molar-refractivity contribution is 0.0729. The van der Waals surface area contributed by atoms with Crippen LogP contribution < -0.4 is 23.7 Å². The molecule has 0 aromatic heterocycles. The molecule has 0 radical (unpaired) electrons. The van der Waals surface area contributed by atoms with E-state index in [1.807, 2.05) is 31.2 Å². The first kappa shape index (κ1) is 28.1. The summed E-state index contributed by atoms with van der Waals surface area (Å²) in [5, 5.41) is 0. The molecule has 2 saturated heterocycles. The van der Waals surface area contributed by atoms with Crippen molar-refractivity contribution in [3.05, 3.63) is 101 Å². The molecule has 7 rings (SSSR count). The highest BCUT2D eigenvalue weighted by Gasteiger charge is 2.28. The average molecular weight is 603 g/mol. The average Bonchev–Trinajstić information content (AvgIpc) is 3.96. The fourth-order valence-electron chi connectivity index (χ4n) is 5.08. The SMILES string of the molecule is CC1c2cc(OCOc3ccc(OCC4CO4)cc3F)ccc2-c2ccc(OC(=O)c3ccc(OCC4CO4)cc3F)cc21. The van der Waals surface area contributed by atoms with E-state index in [2.05, 4.69) is 0 Å². The lowest BCUT2D eigenvalue weighted by Crippen LogP contribution is -2.11. The van der Waals surface area contributed by atoms with Gasteiger partial charge in [-0.15, -0.1) is 0 Å². The van der Waals surface area contributed by atoms with Crippen molar-refractivity contribution in [2.75, 3.05) is 33.2 Å². The van der Waals surface area contributed by atoms with Crippen LogP contribution in [0.25, 0.3) is 11.1 Å². The normalized spacial score (nSPS) is 19.0. The third-order valence-electron chi connectivity index (χ3n) is 7.66. The van der Waals surface area contributed by atoms with Crippen molar-refractivity contribution < 1.29 is 46.7 Å². The third-order valence-corrected chi connectivity index (χ3v) is 7.66. The maximum absolute atomic E-state index is 14.7. The molecule has 0 spiro atoms. The van der Waals surface area contributed by atoms with E-state index in [0.29, 0.717) is 49.4 Å². The van der Waals surface area contributed by atoms with Gasteiger partial charge in [-0.05, 0) is 70.8 Å². The van der Waals surface area contributed by atoms with Crippen LogP contribution in [0.15, 0.2) is 72.8 Å². The lowest BCUT2D eigenvalue weighted by atomic mass is 9.99. The Labute approximate surface area is 252 Å². The number of epoxide rings is 2. The molecule has 0 amide bonds. The predicted molar refractivity (Wildman–Crippen MR) is 154 cm³/mol. The highest BCUT2D eigenvalue weighted by atomic mass is 19.1. The molecule has 1 aliphatic carbocycles. The van der Waals surface area contributed by atoms with Crippen molar-refractivity contribution in [3.63, 3.8) is 0 Å². The van der Waals surface area contributed by atoms with Gasteiger partial charge in [0.15, 0.2) is 11.6 Å². The second-order valence-corrected chi connectivity index (χ2v) is 10.8. The molecule has 0 bridgehead atoms. The van der Waals surface area contributed by atoms with Crippen LogP contribution in [0, 0.1) is 11.6 Å². The number of hydrogen-bond donors (Lipinski definition) is 0. The van der Waals surface area contributed by atoms with Crippen LogP contribution >= 0.6 is 0 Å². The largest absolute Gasteiger partial charge is 0.491 e. The van der Waals surface area contributed by atoms with Gasteiger partial charge in [-0.2, -0.15) is 0 Å². The number of ether oxygens (including phenoxy) is 7. The maximum Gasteiger partial charge on any atom is 0.346 e. The summed E-state index contributed by atoms with van der Waals surface area (Å²) in [5.41, 5.74) is 3.82. The molecular formula is C34H28F2O8. The van der Waals surface area contributed by atoms with E-state index < -0.39 is 17.6 Å². The number of benzene rings is 4. The van der Waals surface area contributed by atoms with E-state index in [-0.39, 0.29) is 36.2 Å². The van der Waals surface area contributed by atoms with Crippen molar-refractivity contribution in [2.45, 2.75) is 25.0 Å². The minimum atomic E-state index is -0.801. The van der Waals surface area contributed by atoms with Gasteiger partial charge >= 0.3 is 5.97 Å². The minimum absolute atomic E-state index is 0.0298. The highest BCUT2D eigenvalue weighted by Crippen LogP contribution is 2.47. The quantitative estimate of drug-likeness (QED) is 0.0810. The first-order valence-electron chi connectivity index (χ1n) is 14.3. The van der Waals surface area contributed by atoms with Crippen LogP contribution in [0.5, 0.6) is 28.7 Å². The van der Waals surface area contributed by atoms with Crippen molar-refractivity contribution in [1.82, 2.24) is 0 Å². The Balaban J connectivity index is 0.967. The van der Waals surface area contributed by atoms with Crippen LogP contribution in [0.1, 0.15) is 34.3 Å². The van der Waals surface area contributed by atoms with E-state index >= 15 is 0 Å². The standard InChI is InChI=1S/C34H28F2O8/c1-19-29-10-20(42-18-43-33-9-5-22(13-32(33)36)39-15-25-17-41-25)2-6-26(29)27-7-4-23(11-30(19)27)44-34(37)28-8-3-21(12-31(28)35)38-14-24-16-40-24/h2-13,19,24-25H,14-18H2,1H3. The highest BCUT2D eigenvalue weighted by molar-refractivity contribution is 5.92. The summed E-state index contributed by atoms with van der Waals surface area (Å²) < 4.78 is 67.1. The number of esters is 1. The summed E-state index contributed by atoms with van der Waals surface area (Å²) in [6, 6.07) is 19.5. The number of rotatable bonds is 12. The van der Waals surface area contributed by atoms with Gasteiger partial charge < -0.3 is 33.2 Å². The Morgan fingerprint density at radius 2 is 1.25 bits per heavy atom. The molecule has 10 heteroatoms. The van der Waals surface area contributed by atoms with E-state index in [9.17, 15) is 13.6 Å². The Hall–Kier alpha value is -4.67. The van der Waals surface area contributed by atoms with Gasteiger partial charge in [-0.1, -0.05) is 19.1 Å². The van der Waals surface area contributed by atoms with E-state index in [0.717, 1.165) is 22.3 Å². The Morgan fingerprint density at radius 1 is 0.705 bits per heavy atom. The number of carbonyl (C=O) groups is 1. The van der Waals surface area contributed by atoms with Gasteiger partial charge in [0.2, 0.25) is 6.79 Å². The first-order chi connectivity index (χ1) is 21.4. The summed E-state index contributed by atoms with van der Waals surface area (Å²) in [7, 11) is 0. The molecule has 0 saturated carbocycles. The fourth-order valence-corrected chi connectivity index (χ4v) is 5.08. The number of carbonyl (C=O) groups excluding carboxylic acids is 1. The molecule has 2 fully saturated rings. The van der Waals surface area contributed by atoms with Gasteiger partial charge in [0.05, 0.1) is 18.8 Å². The summed E-state index contributed by atoms with van der Waals surface area (Å²) in [4.78, 5) is 12.8. The van der Waals surface area contributed by atoms with Crippen molar-refractivity contribution in [2.24, 2.45) is 0 Å². The first-order valence-corrected chi connectivity index (χ1v) is 14.3. The molecule has 3 aliphatic rings. The van der Waals surface area contributed by atoms with Crippen molar-refractivity contribution >= 4 is 5.97 Å². The van der Waals surface area contributed by atoms with Crippen molar-refractivity contribution in [1.29, 1.82) is 0 Å². The second kappa shape index (κ2) is 11.8. The van der Waals surface area contributed by atoms with Crippen molar-refractivity contribution in [3.8, 4) is 39.9 Å². The van der Waals surface area contributed by atoms with E-state index in [4.69, 9.17) is 33.2 Å². The lowest BCUT2D eigenvalue weighted by Gasteiger charge is -2.12. The smallest absolute Gasteiger partial charge is 0.346 e.